The minimum atomic E-state index is 1.26. The Balaban J connectivity index is 2.02. The van der Waals surface area contributed by atoms with Crippen molar-refractivity contribution in [3.8, 4) is 0 Å². The molecule has 0 radical (unpaired) electrons. The van der Waals surface area contributed by atoms with Gasteiger partial charge < -0.3 is 0 Å². The summed E-state index contributed by atoms with van der Waals surface area (Å²) in [5.41, 5.74) is 8.69. The van der Waals surface area contributed by atoms with E-state index in [2.05, 4.69) is 60.7 Å². The normalized spacial score (nSPS) is 17.1. The van der Waals surface area contributed by atoms with Gasteiger partial charge in [-0.25, -0.2) is 0 Å². The van der Waals surface area contributed by atoms with Gasteiger partial charge in [0.15, 0.2) is 0 Å². The first-order chi connectivity index (χ1) is 10.4. The third kappa shape index (κ3) is 2.25. The largest absolute Gasteiger partial charge is 0.0617 e. The van der Waals surface area contributed by atoms with Crippen molar-refractivity contribution in [3.63, 3.8) is 0 Å². The zero-order valence-electron chi connectivity index (χ0n) is 12.3. The Morgan fingerprint density at radius 3 is 1.67 bits per heavy atom. The highest BCUT2D eigenvalue weighted by Crippen LogP contribution is 2.39. The summed E-state index contributed by atoms with van der Waals surface area (Å²) in [6, 6.07) is 17.7. The molecule has 0 heterocycles. The third-order valence-corrected chi connectivity index (χ3v) is 4.71. The number of hydrogen-bond acceptors (Lipinski definition) is 0. The van der Waals surface area contributed by atoms with Crippen molar-refractivity contribution >= 4 is 17.7 Å². The van der Waals surface area contributed by atoms with Crippen LogP contribution in [0.2, 0.25) is 0 Å². The lowest BCUT2D eigenvalue weighted by atomic mass is 9.83. The quantitative estimate of drug-likeness (QED) is 0.475. The number of benzene rings is 2. The molecule has 104 valence electrons. The highest BCUT2D eigenvalue weighted by molar-refractivity contribution is 5.94. The average Bonchev–Trinajstić information content (AvgIpc) is 2.72. The van der Waals surface area contributed by atoms with E-state index in [1.807, 2.05) is 0 Å². The second kappa shape index (κ2) is 5.37. The maximum atomic E-state index is 2.29. The Morgan fingerprint density at radius 2 is 1.10 bits per heavy atom. The highest BCUT2D eigenvalue weighted by atomic mass is 14.2. The molecule has 4 rings (SSSR count). The summed E-state index contributed by atoms with van der Waals surface area (Å²) in [5.74, 6) is 0. The summed E-state index contributed by atoms with van der Waals surface area (Å²) in [5, 5.41) is 0. The van der Waals surface area contributed by atoms with Gasteiger partial charge in [-0.15, -0.1) is 0 Å². The molecule has 0 nitrogen and oxygen atoms in total. The smallest absolute Gasteiger partial charge is 0.0106 e. The lowest BCUT2D eigenvalue weighted by Crippen LogP contribution is -2.01. The number of hydrogen-bond donors (Lipinski definition) is 0. The maximum absolute atomic E-state index is 2.29. The molecule has 1 fully saturated rings. The van der Waals surface area contributed by atoms with E-state index in [1.54, 1.807) is 5.57 Å². The molecule has 0 aromatic heterocycles. The van der Waals surface area contributed by atoms with Crippen LogP contribution >= 0.6 is 0 Å². The van der Waals surface area contributed by atoms with Gasteiger partial charge in [0.05, 0.1) is 0 Å². The minimum Gasteiger partial charge on any atom is -0.0617 e. The molecular weight excluding hydrogens is 252 g/mol. The van der Waals surface area contributed by atoms with E-state index in [0.29, 0.717) is 0 Å². The Morgan fingerprint density at radius 1 is 0.571 bits per heavy atom. The van der Waals surface area contributed by atoms with E-state index in [1.165, 1.54) is 59.9 Å². The summed E-state index contributed by atoms with van der Waals surface area (Å²) in [6.45, 7) is 0. The molecule has 2 aromatic rings. The Bertz CT molecular complexity index is 672. The molecule has 2 aliphatic carbocycles. The van der Waals surface area contributed by atoms with Gasteiger partial charge >= 0.3 is 0 Å². The fraction of sp³-hybridized carbons (Fsp3) is 0.238. The van der Waals surface area contributed by atoms with Gasteiger partial charge in [-0.1, -0.05) is 72.7 Å². The van der Waals surface area contributed by atoms with Gasteiger partial charge in [-0.3, -0.25) is 0 Å². The van der Waals surface area contributed by atoms with Crippen LogP contribution in [-0.4, -0.2) is 0 Å². The van der Waals surface area contributed by atoms with Crippen LogP contribution in [0.5, 0.6) is 0 Å². The Kier molecular flexibility index (Phi) is 3.23. The first kappa shape index (κ1) is 12.6. The van der Waals surface area contributed by atoms with Crippen LogP contribution in [-0.2, 0) is 0 Å². The lowest BCUT2D eigenvalue weighted by molar-refractivity contribution is 0.601. The zero-order valence-corrected chi connectivity index (χ0v) is 12.3. The van der Waals surface area contributed by atoms with Crippen LogP contribution in [0.4, 0.5) is 0 Å². The minimum absolute atomic E-state index is 1.26. The predicted octanol–water partition coefficient (Wildman–Crippen LogP) is 5.94. The van der Waals surface area contributed by atoms with Crippen molar-refractivity contribution in [1.82, 2.24) is 0 Å². The molecule has 0 bridgehead atoms. The molecule has 0 heteroatoms. The van der Waals surface area contributed by atoms with Crippen molar-refractivity contribution in [2.45, 2.75) is 32.1 Å². The molecule has 0 unspecified atom stereocenters. The van der Waals surface area contributed by atoms with Crippen LogP contribution in [0.3, 0.4) is 0 Å². The highest BCUT2D eigenvalue weighted by Gasteiger charge is 2.19. The first-order valence-corrected chi connectivity index (χ1v) is 8.02. The summed E-state index contributed by atoms with van der Waals surface area (Å²) in [7, 11) is 0. The van der Waals surface area contributed by atoms with Crippen molar-refractivity contribution < 1.29 is 0 Å². The van der Waals surface area contributed by atoms with Crippen LogP contribution in [0.25, 0.3) is 17.7 Å². The number of fused-ring (bicyclic) bond motifs is 2. The topological polar surface area (TPSA) is 0 Å². The van der Waals surface area contributed by atoms with Gasteiger partial charge in [0.25, 0.3) is 0 Å². The van der Waals surface area contributed by atoms with E-state index in [4.69, 9.17) is 0 Å². The van der Waals surface area contributed by atoms with E-state index >= 15 is 0 Å². The monoisotopic (exact) mass is 272 g/mol. The lowest BCUT2D eigenvalue weighted by Gasteiger charge is -2.21. The van der Waals surface area contributed by atoms with E-state index < -0.39 is 0 Å². The van der Waals surface area contributed by atoms with E-state index in [0.717, 1.165) is 0 Å². The van der Waals surface area contributed by atoms with E-state index in [9.17, 15) is 0 Å². The number of rotatable bonds is 0. The van der Waals surface area contributed by atoms with Gasteiger partial charge in [-0.05, 0) is 53.5 Å². The Hall–Kier alpha value is -2.08. The predicted molar refractivity (Wildman–Crippen MR) is 90.9 cm³/mol. The van der Waals surface area contributed by atoms with Crippen LogP contribution in [0.1, 0.15) is 54.4 Å². The first-order valence-electron chi connectivity index (χ1n) is 8.02. The molecule has 2 aromatic carbocycles. The fourth-order valence-corrected chi connectivity index (χ4v) is 3.67. The molecule has 21 heavy (non-hydrogen) atoms. The summed E-state index contributed by atoms with van der Waals surface area (Å²) < 4.78 is 0. The molecule has 0 saturated heterocycles. The van der Waals surface area contributed by atoms with Crippen LogP contribution in [0.15, 0.2) is 54.1 Å². The molecular formula is C21H20. The molecule has 0 amide bonds. The maximum Gasteiger partial charge on any atom is -0.0106 e. The van der Waals surface area contributed by atoms with Gasteiger partial charge in [-0.2, -0.15) is 0 Å². The second-order valence-corrected chi connectivity index (χ2v) is 6.05. The van der Waals surface area contributed by atoms with E-state index in [-0.39, 0.29) is 0 Å². The van der Waals surface area contributed by atoms with Crippen LogP contribution < -0.4 is 0 Å². The molecule has 1 saturated carbocycles. The van der Waals surface area contributed by atoms with Crippen molar-refractivity contribution in [2.24, 2.45) is 0 Å². The molecule has 0 atom stereocenters. The zero-order chi connectivity index (χ0) is 14.1. The second-order valence-electron chi connectivity index (χ2n) is 6.05. The summed E-state index contributed by atoms with van der Waals surface area (Å²) >= 11 is 0. The van der Waals surface area contributed by atoms with Gasteiger partial charge in [0, 0.05) is 0 Å². The van der Waals surface area contributed by atoms with Gasteiger partial charge in [0.2, 0.25) is 0 Å². The van der Waals surface area contributed by atoms with Crippen molar-refractivity contribution in [1.29, 1.82) is 0 Å². The molecule has 0 N–H and O–H groups in total. The Labute approximate surface area is 126 Å². The standard InChI is InChI=1S/C21H20/c1-2-10-18(11-3-1)21-19-12-6-4-8-16(19)14-15-17-9-5-7-13-20(17)21/h4-9,12-15H,1-3,10-11H2. The van der Waals surface area contributed by atoms with Gasteiger partial charge in [0.1, 0.15) is 0 Å². The number of allylic oxidation sites excluding steroid dienone is 1. The SMILES string of the molecule is C1=Cc2ccccc2C(=C2CCCCC2)c2ccccc21. The molecule has 0 aliphatic heterocycles. The summed E-state index contributed by atoms with van der Waals surface area (Å²) in [4.78, 5) is 0. The fourth-order valence-electron chi connectivity index (χ4n) is 3.67. The third-order valence-electron chi connectivity index (χ3n) is 4.71. The van der Waals surface area contributed by atoms with Crippen molar-refractivity contribution in [3.05, 3.63) is 76.4 Å². The molecule has 2 aliphatic rings. The summed E-state index contributed by atoms with van der Waals surface area (Å²) in [6.07, 6.45) is 11.1. The van der Waals surface area contributed by atoms with Crippen LogP contribution in [0, 0.1) is 0 Å². The average molecular weight is 272 g/mol. The molecule has 0 spiro atoms. The van der Waals surface area contributed by atoms with Crippen molar-refractivity contribution in [2.75, 3.05) is 0 Å².